The topological polar surface area (TPSA) is 6.48 Å². The summed E-state index contributed by atoms with van der Waals surface area (Å²) in [5.41, 5.74) is 17.8. The molecule has 6 aromatic carbocycles. The van der Waals surface area contributed by atoms with E-state index in [2.05, 4.69) is 216 Å². The Morgan fingerprint density at radius 2 is 1.09 bits per heavy atom. The maximum Gasteiger partial charge on any atom is 0.0543 e. The second kappa shape index (κ2) is 13.4. The zero-order valence-corrected chi connectivity index (χ0v) is 32.2. The number of hydrogen-bond acceptors (Lipinski definition) is 2. The average molecular weight is 691 g/mol. The summed E-state index contributed by atoms with van der Waals surface area (Å²) in [5.74, 6) is 0.297. The number of allylic oxidation sites excluding steroid dienone is 3. The summed E-state index contributed by atoms with van der Waals surface area (Å²) in [6.07, 6.45) is 8.11. The summed E-state index contributed by atoms with van der Waals surface area (Å²) >= 11 is 0. The standard InChI is InChI=1S/C51H50N2/c1-35-15-25-40(26-16-35)52(41-27-17-36(2)18-28-41)42-29-19-37(20-30-42)38-21-31-43(32-22-38)53(44-33-23-39(24-34-44)50(3,4)5)48-14-10-13-47-49(48)45-11-8-9-12-46(45)51(47,6)7/h8-21,23-34,38H,22H2,1-7H3. The molecule has 1 atom stereocenters. The zero-order chi connectivity index (χ0) is 36.9. The molecule has 0 saturated heterocycles. The van der Waals surface area contributed by atoms with Gasteiger partial charge in [0.25, 0.3) is 0 Å². The van der Waals surface area contributed by atoms with Gasteiger partial charge >= 0.3 is 0 Å². The summed E-state index contributed by atoms with van der Waals surface area (Å²) < 4.78 is 0. The van der Waals surface area contributed by atoms with Gasteiger partial charge in [0.15, 0.2) is 0 Å². The molecule has 0 fully saturated rings. The van der Waals surface area contributed by atoms with Gasteiger partial charge in [-0.3, -0.25) is 0 Å². The minimum absolute atomic E-state index is 0.0633. The summed E-state index contributed by atoms with van der Waals surface area (Å²) in [7, 11) is 0. The van der Waals surface area contributed by atoms with Gasteiger partial charge in [-0.2, -0.15) is 0 Å². The molecule has 0 aliphatic heterocycles. The van der Waals surface area contributed by atoms with Crippen molar-refractivity contribution < 1.29 is 0 Å². The maximum absolute atomic E-state index is 2.49. The number of nitrogens with zero attached hydrogens (tertiary/aromatic N) is 2. The first-order valence-corrected chi connectivity index (χ1v) is 19.0. The Hall–Kier alpha value is -5.60. The van der Waals surface area contributed by atoms with Crippen LogP contribution in [0, 0.1) is 13.8 Å². The van der Waals surface area contributed by atoms with Gasteiger partial charge in [-0.05, 0) is 114 Å². The highest BCUT2D eigenvalue weighted by Crippen LogP contribution is 2.54. The van der Waals surface area contributed by atoms with E-state index in [0.717, 1.165) is 23.5 Å². The molecule has 0 amide bonds. The van der Waals surface area contributed by atoms with Gasteiger partial charge in [0.05, 0.1) is 5.69 Å². The van der Waals surface area contributed by atoms with Gasteiger partial charge in [-0.25, -0.2) is 0 Å². The zero-order valence-electron chi connectivity index (χ0n) is 32.2. The van der Waals surface area contributed by atoms with Gasteiger partial charge in [-0.1, -0.05) is 143 Å². The Kier molecular flexibility index (Phi) is 8.74. The molecule has 0 spiro atoms. The molecule has 2 nitrogen and oxygen atoms in total. The van der Waals surface area contributed by atoms with Gasteiger partial charge in [-0.15, -0.1) is 0 Å². The molecule has 2 heteroatoms. The lowest BCUT2D eigenvalue weighted by molar-refractivity contribution is 0.590. The number of anilines is 5. The first kappa shape index (κ1) is 34.5. The third-order valence-corrected chi connectivity index (χ3v) is 11.3. The van der Waals surface area contributed by atoms with Crippen LogP contribution in [0.25, 0.3) is 11.1 Å². The van der Waals surface area contributed by atoms with Crippen molar-refractivity contribution >= 4 is 28.4 Å². The van der Waals surface area contributed by atoms with Crippen LogP contribution >= 0.6 is 0 Å². The molecule has 2 aliphatic rings. The Morgan fingerprint density at radius 3 is 1.66 bits per heavy atom. The Morgan fingerprint density at radius 1 is 0.566 bits per heavy atom. The van der Waals surface area contributed by atoms with Crippen LogP contribution in [0.3, 0.4) is 0 Å². The van der Waals surface area contributed by atoms with Crippen molar-refractivity contribution in [2.75, 3.05) is 9.80 Å². The van der Waals surface area contributed by atoms with E-state index in [0.29, 0.717) is 5.92 Å². The summed E-state index contributed by atoms with van der Waals surface area (Å²) in [4.78, 5) is 4.83. The smallest absolute Gasteiger partial charge is 0.0543 e. The van der Waals surface area contributed by atoms with Gasteiger partial charge < -0.3 is 9.80 Å². The molecule has 264 valence electrons. The Balaban J connectivity index is 1.14. The molecular formula is C51H50N2. The van der Waals surface area contributed by atoms with E-state index in [1.54, 1.807) is 0 Å². The second-order valence-corrected chi connectivity index (χ2v) is 16.4. The van der Waals surface area contributed by atoms with Crippen molar-refractivity contribution in [3.05, 3.63) is 197 Å². The average Bonchev–Trinajstić information content (AvgIpc) is 3.40. The van der Waals surface area contributed by atoms with Crippen LogP contribution in [0.2, 0.25) is 0 Å². The molecule has 0 heterocycles. The predicted octanol–water partition coefficient (Wildman–Crippen LogP) is 14.1. The van der Waals surface area contributed by atoms with Crippen molar-refractivity contribution in [2.45, 2.75) is 71.6 Å². The highest BCUT2D eigenvalue weighted by molar-refractivity contribution is 5.93. The number of benzene rings is 6. The summed E-state index contributed by atoms with van der Waals surface area (Å²) in [5, 5.41) is 0. The highest BCUT2D eigenvalue weighted by atomic mass is 15.2. The van der Waals surface area contributed by atoms with E-state index in [1.807, 2.05) is 0 Å². The third kappa shape index (κ3) is 6.42. The molecule has 53 heavy (non-hydrogen) atoms. The van der Waals surface area contributed by atoms with Crippen molar-refractivity contribution in [1.82, 2.24) is 0 Å². The maximum atomic E-state index is 2.49. The number of fused-ring (bicyclic) bond motifs is 3. The van der Waals surface area contributed by atoms with E-state index < -0.39 is 0 Å². The minimum atomic E-state index is -0.0633. The van der Waals surface area contributed by atoms with Crippen molar-refractivity contribution in [3.8, 4) is 11.1 Å². The lowest BCUT2D eigenvalue weighted by Gasteiger charge is -2.32. The van der Waals surface area contributed by atoms with Gasteiger partial charge in [0.1, 0.15) is 0 Å². The summed E-state index contributed by atoms with van der Waals surface area (Å²) in [6, 6.07) is 51.8. The molecule has 1 unspecified atom stereocenters. The van der Waals surface area contributed by atoms with Crippen LogP contribution < -0.4 is 9.80 Å². The van der Waals surface area contributed by atoms with E-state index in [4.69, 9.17) is 0 Å². The molecule has 0 bridgehead atoms. The monoisotopic (exact) mass is 690 g/mol. The molecular weight excluding hydrogens is 641 g/mol. The van der Waals surface area contributed by atoms with Gasteiger partial charge in [0, 0.05) is 45.3 Å². The van der Waals surface area contributed by atoms with Crippen LogP contribution in [0.15, 0.2) is 163 Å². The lowest BCUT2D eigenvalue weighted by atomic mass is 9.82. The van der Waals surface area contributed by atoms with Crippen LogP contribution in [-0.4, -0.2) is 0 Å². The fraction of sp³-hybridized carbons (Fsp3) is 0.216. The Bertz CT molecular complexity index is 2270. The Labute approximate surface area is 316 Å². The third-order valence-electron chi connectivity index (χ3n) is 11.3. The largest absolute Gasteiger partial charge is 0.311 e. The molecule has 0 saturated carbocycles. The van der Waals surface area contributed by atoms with E-state index >= 15 is 0 Å². The molecule has 0 radical (unpaired) electrons. The molecule has 0 N–H and O–H groups in total. The lowest BCUT2D eigenvalue weighted by Crippen LogP contribution is -2.20. The van der Waals surface area contributed by atoms with E-state index in [9.17, 15) is 0 Å². The fourth-order valence-electron chi connectivity index (χ4n) is 8.19. The van der Waals surface area contributed by atoms with Crippen LogP contribution in [0.5, 0.6) is 0 Å². The number of hydrogen-bond donors (Lipinski definition) is 0. The minimum Gasteiger partial charge on any atom is -0.311 e. The summed E-state index contributed by atoms with van der Waals surface area (Å²) in [6.45, 7) is 15.8. The quantitative estimate of drug-likeness (QED) is 0.165. The van der Waals surface area contributed by atoms with Gasteiger partial charge in [0.2, 0.25) is 0 Å². The van der Waals surface area contributed by atoms with Crippen molar-refractivity contribution in [2.24, 2.45) is 0 Å². The normalized spacial score (nSPS) is 15.8. The SMILES string of the molecule is Cc1ccc(N(c2ccc(C)cc2)c2ccc(C3C=CC(N(c4ccc(C(C)(C)C)cc4)c4cccc5c4-c4ccccc4C5(C)C)=CC3)cc2)cc1. The van der Waals surface area contributed by atoms with Crippen LogP contribution in [0.1, 0.15) is 80.3 Å². The highest BCUT2D eigenvalue weighted by Gasteiger charge is 2.38. The van der Waals surface area contributed by atoms with E-state index in [-0.39, 0.29) is 10.8 Å². The van der Waals surface area contributed by atoms with Crippen LogP contribution in [-0.2, 0) is 10.8 Å². The molecule has 2 aliphatic carbocycles. The predicted molar refractivity (Wildman–Crippen MR) is 226 cm³/mol. The second-order valence-electron chi connectivity index (χ2n) is 16.4. The molecule has 0 aromatic heterocycles. The molecule has 6 aromatic rings. The van der Waals surface area contributed by atoms with Crippen molar-refractivity contribution in [1.29, 1.82) is 0 Å². The van der Waals surface area contributed by atoms with Crippen LogP contribution in [0.4, 0.5) is 28.4 Å². The molecule has 8 rings (SSSR count). The number of aryl methyl sites for hydroxylation is 2. The van der Waals surface area contributed by atoms with E-state index in [1.165, 1.54) is 61.6 Å². The first-order chi connectivity index (χ1) is 25.5. The van der Waals surface area contributed by atoms with Crippen molar-refractivity contribution in [3.63, 3.8) is 0 Å². The first-order valence-electron chi connectivity index (χ1n) is 19.0. The number of rotatable bonds is 7. The fourth-order valence-corrected chi connectivity index (χ4v) is 8.19.